The SMILES string of the molecule is CCCOc1ncc(CNC)c(C)n1. The molecule has 0 spiro atoms. The standard InChI is InChI=1S/C10H17N3O/c1-4-5-14-10-12-7-9(6-11-3)8(2)13-10/h7,11H,4-6H2,1-3H3. The zero-order valence-electron chi connectivity index (χ0n) is 9.00. The number of hydrogen-bond acceptors (Lipinski definition) is 4. The van der Waals surface area contributed by atoms with Gasteiger partial charge in [0.2, 0.25) is 0 Å². The Morgan fingerprint density at radius 3 is 2.86 bits per heavy atom. The van der Waals surface area contributed by atoms with Crippen LogP contribution < -0.4 is 10.1 Å². The normalized spacial score (nSPS) is 10.2. The summed E-state index contributed by atoms with van der Waals surface area (Å²) in [5.74, 6) is 0. The molecule has 0 unspecified atom stereocenters. The molecule has 14 heavy (non-hydrogen) atoms. The number of aromatic nitrogens is 2. The van der Waals surface area contributed by atoms with E-state index in [4.69, 9.17) is 4.74 Å². The van der Waals surface area contributed by atoms with Gasteiger partial charge < -0.3 is 10.1 Å². The topological polar surface area (TPSA) is 47.0 Å². The maximum Gasteiger partial charge on any atom is 0.316 e. The summed E-state index contributed by atoms with van der Waals surface area (Å²) in [5, 5.41) is 3.07. The van der Waals surface area contributed by atoms with Gasteiger partial charge in [-0.1, -0.05) is 6.92 Å². The van der Waals surface area contributed by atoms with E-state index in [1.165, 1.54) is 0 Å². The third kappa shape index (κ3) is 2.96. The molecule has 78 valence electrons. The molecule has 0 radical (unpaired) electrons. The Labute approximate surface area is 84.7 Å². The molecule has 0 aromatic carbocycles. The number of nitrogens with zero attached hydrogens (tertiary/aromatic N) is 2. The first kappa shape index (κ1) is 10.9. The lowest BCUT2D eigenvalue weighted by Crippen LogP contribution is -2.09. The van der Waals surface area contributed by atoms with E-state index < -0.39 is 0 Å². The predicted octanol–water partition coefficient (Wildman–Crippen LogP) is 1.29. The first-order chi connectivity index (χ1) is 6.77. The van der Waals surface area contributed by atoms with Crippen LogP contribution in [0.25, 0.3) is 0 Å². The molecule has 0 aliphatic heterocycles. The predicted molar refractivity (Wildman–Crippen MR) is 55.3 cm³/mol. The number of aryl methyl sites for hydroxylation is 1. The van der Waals surface area contributed by atoms with E-state index >= 15 is 0 Å². The Bertz CT molecular complexity index is 289. The molecule has 1 heterocycles. The molecule has 0 saturated carbocycles. The highest BCUT2D eigenvalue weighted by Crippen LogP contribution is 2.08. The van der Waals surface area contributed by atoms with Gasteiger partial charge in [0, 0.05) is 24.0 Å². The van der Waals surface area contributed by atoms with E-state index in [0.717, 1.165) is 24.2 Å². The average molecular weight is 195 g/mol. The van der Waals surface area contributed by atoms with Gasteiger partial charge in [0.25, 0.3) is 0 Å². The molecule has 0 bridgehead atoms. The summed E-state index contributed by atoms with van der Waals surface area (Å²) in [5.41, 5.74) is 2.08. The molecular weight excluding hydrogens is 178 g/mol. The van der Waals surface area contributed by atoms with Gasteiger partial charge in [0.1, 0.15) is 0 Å². The summed E-state index contributed by atoms with van der Waals surface area (Å²) >= 11 is 0. The van der Waals surface area contributed by atoms with E-state index in [1.54, 1.807) is 0 Å². The van der Waals surface area contributed by atoms with Gasteiger partial charge in [-0.2, -0.15) is 0 Å². The summed E-state index contributed by atoms with van der Waals surface area (Å²) in [4.78, 5) is 8.38. The summed E-state index contributed by atoms with van der Waals surface area (Å²) in [7, 11) is 1.90. The first-order valence-corrected chi connectivity index (χ1v) is 4.87. The van der Waals surface area contributed by atoms with E-state index in [9.17, 15) is 0 Å². The largest absolute Gasteiger partial charge is 0.463 e. The van der Waals surface area contributed by atoms with Gasteiger partial charge in [0.15, 0.2) is 0 Å². The average Bonchev–Trinajstić information content (AvgIpc) is 2.19. The van der Waals surface area contributed by atoms with E-state index in [2.05, 4.69) is 22.2 Å². The summed E-state index contributed by atoms with van der Waals surface area (Å²) < 4.78 is 5.33. The molecule has 0 saturated heterocycles. The van der Waals surface area contributed by atoms with Crippen molar-refractivity contribution >= 4 is 0 Å². The Morgan fingerprint density at radius 2 is 2.29 bits per heavy atom. The lowest BCUT2D eigenvalue weighted by Gasteiger charge is -2.06. The highest BCUT2D eigenvalue weighted by Gasteiger charge is 2.02. The van der Waals surface area contributed by atoms with Crippen molar-refractivity contribution in [3.05, 3.63) is 17.5 Å². The third-order valence-electron chi connectivity index (χ3n) is 1.86. The van der Waals surface area contributed by atoms with E-state index in [0.29, 0.717) is 12.6 Å². The van der Waals surface area contributed by atoms with E-state index in [1.807, 2.05) is 20.2 Å². The molecule has 1 N–H and O–H groups in total. The molecule has 4 nitrogen and oxygen atoms in total. The van der Waals surface area contributed by atoms with Crippen molar-refractivity contribution in [1.29, 1.82) is 0 Å². The fraction of sp³-hybridized carbons (Fsp3) is 0.600. The minimum absolute atomic E-state index is 0.476. The molecule has 0 aliphatic rings. The van der Waals surface area contributed by atoms with Crippen molar-refractivity contribution in [1.82, 2.24) is 15.3 Å². The highest BCUT2D eigenvalue weighted by atomic mass is 16.5. The smallest absolute Gasteiger partial charge is 0.316 e. The monoisotopic (exact) mass is 195 g/mol. The van der Waals surface area contributed by atoms with Gasteiger partial charge in [-0.15, -0.1) is 0 Å². The van der Waals surface area contributed by atoms with Gasteiger partial charge in [-0.25, -0.2) is 9.97 Å². The van der Waals surface area contributed by atoms with Gasteiger partial charge in [-0.05, 0) is 20.4 Å². The van der Waals surface area contributed by atoms with E-state index in [-0.39, 0.29) is 0 Å². The lowest BCUT2D eigenvalue weighted by molar-refractivity contribution is 0.291. The van der Waals surface area contributed by atoms with Crippen molar-refractivity contribution in [2.24, 2.45) is 0 Å². The maximum absolute atomic E-state index is 5.33. The van der Waals surface area contributed by atoms with Crippen LogP contribution in [0.4, 0.5) is 0 Å². The van der Waals surface area contributed by atoms with Crippen LogP contribution in [-0.4, -0.2) is 23.6 Å². The molecule has 4 heteroatoms. The minimum atomic E-state index is 0.476. The van der Waals surface area contributed by atoms with Crippen LogP contribution in [0.2, 0.25) is 0 Å². The Balaban J connectivity index is 2.68. The molecule has 1 aromatic rings. The van der Waals surface area contributed by atoms with Gasteiger partial charge in [0.05, 0.1) is 6.61 Å². The van der Waals surface area contributed by atoms with Gasteiger partial charge in [-0.3, -0.25) is 0 Å². The molecule has 1 aromatic heterocycles. The molecule has 0 atom stereocenters. The number of rotatable bonds is 5. The minimum Gasteiger partial charge on any atom is -0.463 e. The fourth-order valence-electron chi connectivity index (χ4n) is 1.10. The molecule has 1 rings (SSSR count). The van der Waals surface area contributed by atoms with Crippen LogP contribution in [0.1, 0.15) is 24.6 Å². The van der Waals surface area contributed by atoms with Crippen LogP contribution in [0.3, 0.4) is 0 Å². The molecule has 0 fully saturated rings. The van der Waals surface area contributed by atoms with Crippen LogP contribution in [0, 0.1) is 6.92 Å². The summed E-state index contributed by atoms with van der Waals surface area (Å²) in [6.45, 7) is 5.49. The third-order valence-corrected chi connectivity index (χ3v) is 1.86. The Morgan fingerprint density at radius 1 is 1.50 bits per heavy atom. The molecule has 0 amide bonds. The van der Waals surface area contributed by atoms with Crippen molar-refractivity contribution in [2.45, 2.75) is 26.8 Å². The fourth-order valence-corrected chi connectivity index (χ4v) is 1.10. The van der Waals surface area contributed by atoms with Crippen LogP contribution in [0.15, 0.2) is 6.20 Å². The van der Waals surface area contributed by atoms with Crippen LogP contribution in [-0.2, 0) is 6.54 Å². The second-order valence-electron chi connectivity index (χ2n) is 3.14. The van der Waals surface area contributed by atoms with Crippen LogP contribution in [0.5, 0.6) is 6.01 Å². The zero-order valence-corrected chi connectivity index (χ0v) is 9.00. The van der Waals surface area contributed by atoms with Crippen molar-refractivity contribution < 1.29 is 4.74 Å². The number of nitrogens with one attached hydrogen (secondary N) is 1. The Kier molecular flexibility index (Phi) is 4.32. The van der Waals surface area contributed by atoms with Crippen molar-refractivity contribution in [3.63, 3.8) is 0 Å². The summed E-state index contributed by atoms with van der Waals surface area (Å²) in [6.07, 6.45) is 2.78. The number of ether oxygens (including phenoxy) is 1. The first-order valence-electron chi connectivity index (χ1n) is 4.87. The maximum atomic E-state index is 5.33. The van der Waals surface area contributed by atoms with Crippen LogP contribution >= 0.6 is 0 Å². The summed E-state index contributed by atoms with van der Waals surface area (Å²) in [6, 6.07) is 0.476. The molecular formula is C10H17N3O. The number of hydrogen-bond donors (Lipinski definition) is 1. The molecule has 0 aliphatic carbocycles. The van der Waals surface area contributed by atoms with Crippen molar-refractivity contribution in [2.75, 3.05) is 13.7 Å². The van der Waals surface area contributed by atoms with Crippen molar-refractivity contribution in [3.8, 4) is 6.01 Å². The van der Waals surface area contributed by atoms with Gasteiger partial charge >= 0.3 is 6.01 Å². The second-order valence-corrected chi connectivity index (χ2v) is 3.14. The lowest BCUT2D eigenvalue weighted by atomic mass is 10.2. The second kappa shape index (κ2) is 5.54. The highest BCUT2D eigenvalue weighted by molar-refractivity contribution is 5.17. The Hall–Kier alpha value is -1.16. The quantitative estimate of drug-likeness (QED) is 0.769. The zero-order chi connectivity index (χ0) is 10.4.